The van der Waals surface area contributed by atoms with Crippen LogP contribution >= 0.6 is 12.4 Å². The highest BCUT2D eigenvalue weighted by molar-refractivity contribution is 5.97. The van der Waals surface area contributed by atoms with E-state index in [1.165, 1.54) is 24.3 Å². The standard InChI is InChI=1S/C15H20N4O4.ClH/c1-10-9-16-6-7-18(10)15(21)11(2)17-14(20)12-4-3-5-13(8-12)19(22)23;/h3-5,8,10-11,16H,6-7,9H2,1-2H3,(H,17,20);1H. The fraction of sp³-hybridized carbons (Fsp3) is 0.467. The Bertz CT molecular complexity index is 625. The van der Waals surface area contributed by atoms with Crippen LogP contribution in [0.4, 0.5) is 5.69 Å². The van der Waals surface area contributed by atoms with Crippen LogP contribution in [0.3, 0.4) is 0 Å². The molecule has 2 N–H and O–H groups in total. The lowest BCUT2D eigenvalue weighted by Gasteiger charge is -2.35. The predicted molar refractivity (Wildman–Crippen MR) is 91.3 cm³/mol. The molecule has 2 atom stereocenters. The van der Waals surface area contributed by atoms with E-state index in [1.54, 1.807) is 11.8 Å². The van der Waals surface area contributed by atoms with Crippen molar-refractivity contribution >= 4 is 29.9 Å². The van der Waals surface area contributed by atoms with E-state index >= 15 is 0 Å². The van der Waals surface area contributed by atoms with Crippen molar-refractivity contribution in [3.63, 3.8) is 0 Å². The van der Waals surface area contributed by atoms with Crippen molar-refractivity contribution in [1.29, 1.82) is 0 Å². The van der Waals surface area contributed by atoms with Crippen molar-refractivity contribution in [2.75, 3.05) is 19.6 Å². The molecular weight excluding hydrogens is 336 g/mol. The van der Waals surface area contributed by atoms with Crippen molar-refractivity contribution in [3.8, 4) is 0 Å². The molecule has 0 aromatic heterocycles. The first-order valence-electron chi connectivity index (χ1n) is 7.46. The van der Waals surface area contributed by atoms with Gasteiger partial charge in [-0.25, -0.2) is 0 Å². The van der Waals surface area contributed by atoms with E-state index in [4.69, 9.17) is 0 Å². The number of piperazine rings is 1. The lowest BCUT2D eigenvalue weighted by atomic mass is 10.1. The van der Waals surface area contributed by atoms with Gasteiger partial charge in [-0.2, -0.15) is 0 Å². The lowest BCUT2D eigenvalue weighted by Crippen LogP contribution is -2.57. The smallest absolute Gasteiger partial charge is 0.270 e. The zero-order chi connectivity index (χ0) is 17.0. The van der Waals surface area contributed by atoms with Gasteiger partial charge in [0.15, 0.2) is 0 Å². The zero-order valence-electron chi connectivity index (χ0n) is 13.5. The van der Waals surface area contributed by atoms with Gasteiger partial charge >= 0.3 is 0 Å². The molecule has 1 aromatic rings. The number of benzene rings is 1. The maximum absolute atomic E-state index is 12.4. The van der Waals surface area contributed by atoms with Crippen LogP contribution < -0.4 is 10.6 Å². The third kappa shape index (κ3) is 4.65. The maximum Gasteiger partial charge on any atom is 0.270 e. The minimum absolute atomic E-state index is 0. The van der Waals surface area contributed by atoms with Gasteiger partial charge < -0.3 is 15.5 Å². The molecule has 0 spiro atoms. The molecule has 8 nitrogen and oxygen atoms in total. The van der Waals surface area contributed by atoms with E-state index in [0.29, 0.717) is 6.54 Å². The Balaban J connectivity index is 0.00000288. The monoisotopic (exact) mass is 356 g/mol. The van der Waals surface area contributed by atoms with Crippen molar-refractivity contribution in [2.24, 2.45) is 0 Å². The molecule has 1 saturated heterocycles. The van der Waals surface area contributed by atoms with E-state index in [9.17, 15) is 19.7 Å². The number of carbonyl (C=O) groups excluding carboxylic acids is 2. The first-order chi connectivity index (χ1) is 10.9. The lowest BCUT2D eigenvalue weighted by molar-refractivity contribution is -0.384. The number of nitrogens with zero attached hydrogens (tertiary/aromatic N) is 2. The number of rotatable bonds is 4. The highest BCUT2D eigenvalue weighted by Gasteiger charge is 2.28. The number of halogens is 1. The van der Waals surface area contributed by atoms with Crippen LogP contribution in [-0.2, 0) is 4.79 Å². The maximum atomic E-state index is 12.4. The summed E-state index contributed by atoms with van der Waals surface area (Å²) >= 11 is 0. The van der Waals surface area contributed by atoms with E-state index in [0.717, 1.165) is 13.1 Å². The Morgan fingerprint density at radius 1 is 1.46 bits per heavy atom. The number of nitrogens with one attached hydrogen (secondary N) is 2. The fourth-order valence-electron chi connectivity index (χ4n) is 2.52. The van der Waals surface area contributed by atoms with E-state index in [2.05, 4.69) is 10.6 Å². The van der Waals surface area contributed by atoms with Crippen LogP contribution in [0, 0.1) is 10.1 Å². The highest BCUT2D eigenvalue weighted by atomic mass is 35.5. The molecular formula is C15H21ClN4O4. The summed E-state index contributed by atoms with van der Waals surface area (Å²) in [5.41, 5.74) is -0.000402. The van der Waals surface area contributed by atoms with Crippen LogP contribution in [0.5, 0.6) is 0 Å². The quantitative estimate of drug-likeness (QED) is 0.617. The number of carbonyl (C=O) groups is 2. The number of amides is 2. The Hall–Kier alpha value is -2.19. The number of hydrogen-bond acceptors (Lipinski definition) is 5. The molecule has 2 amide bonds. The second kappa shape index (κ2) is 8.60. The molecule has 0 saturated carbocycles. The van der Waals surface area contributed by atoms with Crippen LogP contribution in [-0.4, -0.2) is 53.4 Å². The summed E-state index contributed by atoms with van der Waals surface area (Å²) < 4.78 is 0. The van der Waals surface area contributed by atoms with Crippen LogP contribution in [0.1, 0.15) is 24.2 Å². The van der Waals surface area contributed by atoms with Crippen LogP contribution in [0.15, 0.2) is 24.3 Å². The Morgan fingerprint density at radius 2 is 2.17 bits per heavy atom. The molecule has 1 aliphatic rings. The first-order valence-corrected chi connectivity index (χ1v) is 7.46. The Kier molecular flexibility index (Phi) is 7.12. The summed E-state index contributed by atoms with van der Waals surface area (Å²) in [4.78, 5) is 36.5. The molecule has 1 aromatic carbocycles. The van der Waals surface area contributed by atoms with Crippen LogP contribution in [0.2, 0.25) is 0 Å². The summed E-state index contributed by atoms with van der Waals surface area (Å²) in [6, 6.07) is 4.80. The van der Waals surface area contributed by atoms with Gasteiger partial charge in [0.25, 0.3) is 11.6 Å². The average molecular weight is 357 g/mol. The summed E-state index contributed by atoms with van der Waals surface area (Å²) in [5, 5.41) is 16.6. The van der Waals surface area contributed by atoms with Crippen molar-refractivity contribution < 1.29 is 14.5 Å². The highest BCUT2D eigenvalue weighted by Crippen LogP contribution is 2.13. The molecule has 0 radical (unpaired) electrons. The number of hydrogen-bond donors (Lipinski definition) is 2. The molecule has 1 aliphatic heterocycles. The summed E-state index contributed by atoms with van der Waals surface area (Å²) in [6.45, 7) is 5.60. The second-order valence-electron chi connectivity index (χ2n) is 5.59. The van der Waals surface area contributed by atoms with Gasteiger partial charge in [-0.1, -0.05) is 6.07 Å². The topological polar surface area (TPSA) is 105 Å². The molecule has 1 fully saturated rings. The molecule has 24 heavy (non-hydrogen) atoms. The van der Waals surface area contributed by atoms with Crippen molar-refractivity contribution in [1.82, 2.24) is 15.5 Å². The van der Waals surface area contributed by atoms with Gasteiger partial charge in [-0.3, -0.25) is 19.7 Å². The summed E-state index contributed by atoms with van der Waals surface area (Å²) in [5.74, 6) is -0.657. The minimum Gasteiger partial charge on any atom is -0.341 e. The van der Waals surface area contributed by atoms with Gasteiger partial charge in [-0.05, 0) is 19.9 Å². The molecule has 0 aliphatic carbocycles. The van der Waals surface area contributed by atoms with E-state index in [1.807, 2.05) is 6.92 Å². The molecule has 9 heteroatoms. The number of nitro groups is 1. The molecule has 1 heterocycles. The largest absolute Gasteiger partial charge is 0.341 e. The van der Waals surface area contributed by atoms with Gasteiger partial charge in [0.2, 0.25) is 5.91 Å². The van der Waals surface area contributed by atoms with Crippen molar-refractivity contribution in [2.45, 2.75) is 25.9 Å². The molecule has 2 rings (SSSR count). The van der Waals surface area contributed by atoms with Gasteiger partial charge in [0.05, 0.1) is 4.92 Å². The first kappa shape index (κ1) is 19.9. The predicted octanol–water partition coefficient (Wildman–Crippen LogP) is 0.955. The third-order valence-electron chi connectivity index (χ3n) is 3.82. The SMILES string of the molecule is CC(NC(=O)c1cccc([N+](=O)[O-])c1)C(=O)N1CCNCC1C.Cl. The fourth-order valence-corrected chi connectivity index (χ4v) is 2.52. The van der Waals surface area contributed by atoms with Gasteiger partial charge in [0.1, 0.15) is 6.04 Å². The number of nitro benzene ring substituents is 1. The van der Waals surface area contributed by atoms with Gasteiger partial charge in [0, 0.05) is 43.4 Å². The average Bonchev–Trinajstić information content (AvgIpc) is 2.54. The van der Waals surface area contributed by atoms with Crippen LogP contribution in [0.25, 0.3) is 0 Å². The second-order valence-corrected chi connectivity index (χ2v) is 5.59. The Morgan fingerprint density at radius 3 is 2.79 bits per heavy atom. The summed E-state index contributed by atoms with van der Waals surface area (Å²) in [6.07, 6.45) is 0. The molecule has 0 bridgehead atoms. The normalized spacial score (nSPS) is 18.2. The molecule has 2 unspecified atom stereocenters. The molecule has 132 valence electrons. The van der Waals surface area contributed by atoms with E-state index < -0.39 is 16.9 Å². The van der Waals surface area contributed by atoms with E-state index in [-0.39, 0.29) is 35.6 Å². The number of non-ortho nitro benzene ring substituents is 1. The van der Waals surface area contributed by atoms with Gasteiger partial charge in [-0.15, -0.1) is 12.4 Å². The zero-order valence-corrected chi connectivity index (χ0v) is 14.3. The minimum atomic E-state index is -0.692. The summed E-state index contributed by atoms with van der Waals surface area (Å²) in [7, 11) is 0. The Labute approximate surface area is 146 Å². The third-order valence-corrected chi connectivity index (χ3v) is 3.82. The van der Waals surface area contributed by atoms with Crippen molar-refractivity contribution in [3.05, 3.63) is 39.9 Å².